The second kappa shape index (κ2) is 14.4. The van der Waals surface area contributed by atoms with Crippen molar-refractivity contribution in [1.29, 1.82) is 0 Å². The van der Waals surface area contributed by atoms with Gasteiger partial charge in [-0.05, 0) is 68.8 Å². The molecule has 0 saturated carbocycles. The number of nitrogens with zero attached hydrogens (tertiary/aromatic N) is 9. The Labute approximate surface area is 299 Å². The summed E-state index contributed by atoms with van der Waals surface area (Å²) in [6.07, 6.45) is 6.92. The van der Waals surface area contributed by atoms with Crippen molar-refractivity contribution in [2.24, 2.45) is 0 Å². The molecule has 50 heavy (non-hydrogen) atoms. The van der Waals surface area contributed by atoms with Crippen molar-refractivity contribution in [3.05, 3.63) is 106 Å². The number of hydrogen-bond donors (Lipinski definition) is 0. The first-order valence-corrected chi connectivity index (χ1v) is 17.5. The van der Waals surface area contributed by atoms with E-state index in [0.717, 1.165) is 43.2 Å². The van der Waals surface area contributed by atoms with E-state index in [2.05, 4.69) is 49.0 Å². The smallest absolute Gasteiger partial charge is 0.351 e. The highest BCUT2D eigenvalue weighted by Gasteiger charge is 2.45. The van der Waals surface area contributed by atoms with Gasteiger partial charge in [0, 0.05) is 41.9 Å². The third-order valence-electron chi connectivity index (χ3n) is 9.32. The van der Waals surface area contributed by atoms with Gasteiger partial charge in [0.15, 0.2) is 0 Å². The fourth-order valence-corrected chi connectivity index (χ4v) is 6.99. The molecular weight excluding hydrogens is 681 g/mol. The second-order valence-electron chi connectivity index (χ2n) is 12.7. The van der Waals surface area contributed by atoms with E-state index >= 15 is 0 Å². The average Bonchev–Trinajstić information content (AvgIpc) is 3.88. The normalized spacial score (nSPS) is 21.5. The lowest BCUT2D eigenvalue weighted by atomic mass is 10.1. The zero-order valence-electron chi connectivity index (χ0n) is 28.1. The zero-order chi connectivity index (χ0) is 34.8. The highest BCUT2D eigenvalue weighted by Crippen LogP contribution is 2.40. The number of aromatic nitrogens is 7. The van der Waals surface area contributed by atoms with Gasteiger partial charge in [-0.3, -0.25) is 0 Å². The van der Waals surface area contributed by atoms with Gasteiger partial charge in [0.2, 0.25) is 5.79 Å². The van der Waals surface area contributed by atoms with Gasteiger partial charge in [-0.1, -0.05) is 36.2 Å². The highest BCUT2D eigenvalue weighted by molar-refractivity contribution is 6.35. The molecule has 2 aliphatic rings. The second-order valence-corrected chi connectivity index (χ2v) is 13.5. The van der Waals surface area contributed by atoms with E-state index in [1.54, 1.807) is 23.1 Å². The molecule has 3 aromatic heterocycles. The zero-order valence-corrected chi connectivity index (χ0v) is 29.6. The van der Waals surface area contributed by atoms with Gasteiger partial charge in [-0.2, -0.15) is 10.2 Å². The molecule has 262 valence electrons. The quantitative estimate of drug-likeness (QED) is 0.177. The lowest BCUT2D eigenvalue weighted by molar-refractivity contribution is -0.190. The van der Waals surface area contributed by atoms with Crippen LogP contribution < -0.4 is 20.2 Å². The van der Waals surface area contributed by atoms with Crippen LogP contribution in [0.4, 0.5) is 11.4 Å². The summed E-state index contributed by atoms with van der Waals surface area (Å²) in [6, 6.07) is 17.6. The predicted octanol–water partition coefficient (Wildman–Crippen LogP) is 5.36. The lowest BCUT2D eigenvalue weighted by Crippen LogP contribution is -2.52. The van der Waals surface area contributed by atoms with Crippen LogP contribution in [0, 0.1) is 0 Å². The third-order valence-corrected chi connectivity index (χ3v) is 9.86. The molecule has 0 amide bonds. The largest absolute Gasteiger partial charge is 0.491 e. The van der Waals surface area contributed by atoms with Crippen LogP contribution >= 0.6 is 23.2 Å². The first-order chi connectivity index (χ1) is 24.2. The lowest BCUT2D eigenvalue weighted by Gasteiger charge is -2.42. The van der Waals surface area contributed by atoms with Crippen molar-refractivity contribution in [3.8, 4) is 11.6 Å². The number of hydrogen-bond acceptors (Lipinski definition) is 10. The molecule has 5 aromatic rings. The SMILES string of the molecule is CCC(C)n1ncn(-c2ccc(N3CCN(c4ccc(OCC5COC(Cn6cncn6)(c6ccc(Cl)cc6Cl)O5)cc4)C(C)C3)cn2)c1=O. The Bertz CT molecular complexity index is 1950. The van der Waals surface area contributed by atoms with Crippen molar-refractivity contribution in [1.82, 2.24) is 34.1 Å². The fraction of sp³-hybridized carbons (Fsp3) is 0.400. The molecule has 13 nitrogen and oxygen atoms in total. The van der Waals surface area contributed by atoms with Crippen molar-refractivity contribution < 1.29 is 14.2 Å². The third kappa shape index (κ3) is 6.95. The Balaban J connectivity index is 0.945. The molecule has 0 N–H and O–H groups in total. The van der Waals surface area contributed by atoms with E-state index in [-0.39, 0.29) is 30.4 Å². The van der Waals surface area contributed by atoms with Crippen molar-refractivity contribution in [3.63, 3.8) is 0 Å². The molecule has 0 radical (unpaired) electrons. The Morgan fingerprint density at radius 2 is 1.86 bits per heavy atom. The van der Waals surface area contributed by atoms with E-state index in [1.165, 1.54) is 21.9 Å². The Hall–Kier alpha value is -4.43. The molecule has 4 unspecified atom stereocenters. The Morgan fingerprint density at radius 3 is 2.56 bits per heavy atom. The van der Waals surface area contributed by atoms with E-state index < -0.39 is 5.79 Å². The van der Waals surface area contributed by atoms with Gasteiger partial charge >= 0.3 is 5.69 Å². The first-order valence-electron chi connectivity index (χ1n) is 16.7. The number of piperazine rings is 1. The molecule has 2 aromatic carbocycles. The van der Waals surface area contributed by atoms with Crippen LogP contribution in [0.2, 0.25) is 10.0 Å². The van der Waals surface area contributed by atoms with Crippen LogP contribution in [-0.2, 0) is 21.8 Å². The van der Waals surface area contributed by atoms with Gasteiger partial charge < -0.3 is 24.0 Å². The fourth-order valence-electron chi connectivity index (χ4n) is 6.44. The van der Waals surface area contributed by atoms with Gasteiger partial charge in [0.25, 0.3) is 0 Å². The number of rotatable bonds is 11. The minimum absolute atomic E-state index is 0.0334. The summed E-state index contributed by atoms with van der Waals surface area (Å²) in [5, 5.41) is 9.47. The van der Waals surface area contributed by atoms with Crippen LogP contribution in [-0.4, -0.2) is 79.1 Å². The minimum Gasteiger partial charge on any atom is -0.491 e. The van der Waals surface area contributed by atoms with E-state index in [1.807, 2.05) is 50.4 Å². The molecule has 5 heterocycles. The van der Waals surface area contributed by atoms with E-state index in [4.69, 9.17) is 37.4 Å². The van der Waals surface area contributed by atoms with Crippen LogP contribution in [0.1, 0.15) is 38.8 Å². The van der Waals surface area contributed by atoms with Crippen LogP contribution in [0.15, 0.2) is 84.6 Å². The molecule has 2 aliphatic heterocycles. The topological polar surface area (TPSA) is 118 Å². The molecule has 0 bridgehead atoms. The average molecular weight is 721 g/mol. The summed E-state index contributed by atoms with van der Waals surface area (Å²) in [5.74, 6) is 0.133. The van der Waals surface area contributed by atoms with Crippen LogP contribution in [0.5, 0.6) is 5.75 Å². The number of pyridine rings is 1. The molecular formula is C35H39Cl2N9O4. The van der Waals surface area contributed by atoms with Gasteiger partial charge in [-0.15, -0.1) is 0 Å². The van der Waals surface area contributed by atoms with Crippen LogP contribution in [0.25, 0.3) is 5.82 Å². The summed E-state index contributed by atoms with van der Waals surface area (Å²) in [6.45, 7) is 9.61. The standard InChI is InChI=1S/C35H39Cl2N9O4/c1-4-24(2)46-34(47)45(23-41-46)33-12-8-28(16-39-33)42-13-14-44(25(3)17-42)27-6-9-29(10-7-27)48-18-30-19-49-35(50-30,20-43-22-38-21-40-43)31-11-5-26(36)15-32(31)37/h5-12,15-16,21-25,30H,4,13-14,17-20H2,1-3H3. The van der Waals surface area contributed by atoms with Gasteiger partial charge in [-0.25, -0.2) is 28.7 Å². The molecule has 0 aliphatic carbocycles. The Kier molecular flexibility index (Phi) is 9.82. The van der Waals surface area contributed by atoms with Crippen molar-refractivity contribution in [2.45, 2.75) is 57.7 Å². The van der Waals surface area contributed by atoms with Crippen LogP contribution in [0.3, 0.4) is 0 Å². The monoisotopic (exact) mass is 719 g/mol. The van der Waals surface area contributed by atoms with Gasteiger partial charge in [0.05, 0.1) is 29.6 Å². The first kappa shape index (κ1) is 34.0. The van der Waals surface area contributed by atoms with Gasteiger partial charge in [0.1, 0.15) is 49.8 Å². The summed E-state index contributed by atoms with van der Waals surface area (Å²) < 4.78 is 23.5. The molecule has 4 atom stereocenters. The summed E-state index contributed by atoms with van der Waals surface area (Å²) >= 11 is 12.8. The molecule has 0 spiro atoms. The number of benzene rings is 2. The highest BCUT2D eigenvalue weighted by atomic mass is 35.5. The van der Waals surface area contributed by atoms with E-state index in [9.17, 15) is 4.79 Å². The molecule has 2 fully saturated rings. The molecule has 7 rings (SSSR count). The summed E-state index contributed by atoms with van der Waals surface area (Å²) in [5.41, 5.74) is 2.63. The molecule has 2 saturated heterocycles. The minimum atomic E-state index is -1.17. The number of anilines is 2. The van der Waals surface area contributed by atoms with E-state index in [0.29, 0.717) is 34.6 Å². The summed E-state index contributed by atoms with van der Waals surface area (Å²) in [4.78, 5) is 26.2. The maximum Gasteiger partial charge on any atom is 0.351 e. The Morgan fingerprint density at radius 1 is 1.04 bits per heavy atom. The summed E-state index contributed by atoms with van der Waals surface area (Å²) in [7, 11) is 0. The number of halogens is 2. The van der Waals surface area contributed by atoms with Crippen molar-refractivity contribution in [2.75, 3.05) is 42.6 Å². The maximum atomic E-state index is 12.8. The van der Waals surface area contributed by atoms with Crippen molar-refractivity contribution >= 4 is 34.6 Å². The molecule has 15 heteroatoms. The predicted molar refractivity (Wildman–Crippen MR) is 191 cm³/mol. The maximum absolute atomic E-state index is 12.8. The number of ether oxygens (including phenoxy) is 3.